The van der Waals surface area contributed by atoms with Gasteiger partial charge in [0.05, 0.1) is 0 Å². The third-order valence-corrected chi connectivity index (χ3v) is 3.77. The van der Waals surface area contributed by atoms with Crippen molar-refractivity contribution in [1.82, 2.24) is 5.32 Å². The van der Waals surface area contributed by atoms with Crippen molar-refractivity contribution < 1.29 is 4.79 Å². The second-order valence-corrected chi connectivity index (χ2v) is 7.67. The Labute approximate surface area is 141 Å². The number of nitrogens with two attached hydrogens (primary N) is 1. The fourth-order valence-electron chi connectivity index (χ4n) is 2.21. The van der Waals surface area contributed by atoms with Crippen LogP contribution < -0.4 is 11.1 Å². The fourth-order valence-corrected chi connectivity index (χ4v) is 2.21. The molecule has 1 amide bonds. The zero-order chi connectivity index (χ0) is 16.3. The number of carbonyl (C=O) groups is 1. The summed E-state index contributed by atoms with van der Waals surface area (Å²) in [5, 5.41) is 2.98. The van der Waals surface area contributed by atoms with Crippen molar-refractivity contribution >= 4 is 18.3 Å². The SMILES string of the molecule is CC(N)CC(=O)NCC(C)(C)c1ccc(C(C)(C)C)cc1.Cl. The lowest BCUT2D eigenvalue weighted by molar-refractivity contribution is -0.121. The Morgan fingerprint density at radius 3 is 1.95 bits per heavy atom. The van der Waals surface area contributed by atoms with Gasteiger partial charge in [-0.2, -0.15) is 0 Å². The molecule has 1 atom stereocenters. The molecule has 0 aliphatic heterocycles. The molecule has 22 heavy (non-hydrogen) atoms. The van der Waals surface area contributed by atoms with E-state index in [0.717, 1.165) is 0 Å². The second-order valence-electron chi connectivity index (χ2n) is 7.67. The first-order valence-electron chi connectivity index (χ1n) is 7.66. The van der Waals surface area contributed by atoms with Crippen LogP contribution in [0.15, 0.2) is 24.3 Å². The molecule has 0 heterocycles. The van der Waals surface area contributed by atoms with Crippen molar-refractivity contribution in [1.29, 1.82) is 0 Å². The van der Waals surface area contributed by atoms with Gasteiger partial charge in [0.1, 0.15) is 0 Å². The summed E-state index contributed by atoms with van der Waals surface area (Å²) in [4.78, 5) is 11.7. The highest BCUT2D eigenvalue weighted by Crippen LogP contribution is 2.27. The smallest absolute Gasteiger partial charge is 0.221 e. The molecule has 0 bridgehead atoms. The number of rotatable bonds is 5. The van der Waals surface area contributed by atoms with Crippen LogP contribution in [-0.2, 0) is 15.6 Å². The van der Waals surface area contributed by atoms with Gasteiger partial charge >= 0.3 is 0 Å². The minimum atomic E-state index is -0.0980. The predicted octanol–water partition coefficient (Wildman–Crippen LogP) is 3.54. The first-order valence-corrected chi connectivity index (χ1v) is 7.66. The molecule has 0 radical (unpaired) electrons. The largest absolute Gasteiger partial charge is 0.355 e. The van der Waals surface area contributed by atoms with Gasteiger partial charge in [-0.15, -0.1) is 12.4 Å². The van der Waals surface area contributed by atoms with Gasteiger partial charge < -0.3 is 11.1 Å². The molecule has 0 aliphatic carbocycles. The molecule has 126 valence electrons. The van der Waals surface area contributed by atoms with Gasteiger partial charge in [-0.3, -0.25) is 4.79 Å². The van der Waals surface area contributed by atoms with E-state index in [1.165, 1.54) is 11.1 Å². The number of amides is 1. The first kappa shape index (κ1) is 20.9. The molecule has 0 fully saturated rings. The highest BCUT2D eigenvalue weighted by molar-refractivity contribution is 5.85. The number of benzene rings is 1. The first-order chi connectivity index (χ1) is 9.52. The number of hydrogen-bond donors (Lipinski definition) is 2. The van der Waals surface area contributed by atoms with E-state index in [0.29, 0.717) is 13.0 Å². The van der Waals surface area contributed by atoms with Crippen LogP contribution in [0.3, 0.4) is 0 Å². The molecule has 0 saturated heterocycles. The Morgan fingerprint density at radius 1 is 1.09 bits per heavy atom. The van der Waals surface area contributed by atoms with Crippen molar-refractivity contribution in [2.24, 2.45) is 5.73 Å². The summed E-state index contributed by atoms with van der Waals surface area (Å²) >= 11 is 0. The van der Waals surface area contributed by atoms with E-state index in [9.17, 15) is 4.79 Å². The summed E-state index contributed by atoms with van der Waals surface area (Å²) in [6.07, 6.45) is 0.374. The van der Waals surface area contributed by atoms with E-state index in [2.05, 4.69) is 64.2 Å². The summed E-state index contributed by atoms with van der Waals surface area (Å²) in [6, 6.07) is 8.59. The molecule has 0 aliphatic rings. The number of nitrogens with one attached hydrogen (secondary N) is 1. The van der Waals surface area contributed by atoms with E-state index < -0.39 is 0 Å². The van der Waals surface area contributed by atoms with Crippen molar-refractivity contribution in [2.75, 3.05) is 6.54 Å². The maximum Gasteiger partial charge on any atom is 0.221 e. The van der Waals surface area contributed by atoms with Crippen molar-refractivity contribution in [3.05, 3.63) is 35.4 Å². The summed E-state index contributed by atoms with van der Waals surface area (Å²) in [7, 11) is 0. The minimum absolute atomic E-state index is 0. The maximum atomic E-state index is 11.7. The highest BCUT2D eigenvalue weighted by Gasteiger charge is 2.22. The van der Waals surface area contributed by atoms with Gasteiger partial charge in [0, 0.05) is 24.4 Å². The van der Waals surface area contributed by atoms with Crippen LogP contribution >= 0.6 is 12.4 Å². The lowest BCUT2D eigenvalue weighted by Crippen LogP contribution is -2.38. The van der Waals surface area contributed by atoms with Gasteiger partial charge in [0.15, 0.2) is 0 Å². The van der Waals surface area contributed by atoms with Crippen LogP contribution in [-0.4, -0.2) is 18.5 Å². The van der Waals surface area contributed by atoms with E-state index in [1.807, 2.05) is 6.92 Å². The zero-order valence-corrected chi connectivity index (χ0v) is 15.5. The molecule has 4 heteroatoms. The molecular formula is C18H31ClN2O. The molecule has 0 saturated carbocycles. The van der Waals surface area contributed by atoms with Gasteiger partial charge in [-0.05, 0) is 23.5 Å². The van der Waals surface area contributed by atoms with Gasteiger partial charge in [-0.25, -0.2) is 0 Å². The average Bonchev–Trinajstić information content (AvgIpc) is 2.35. The van der Waals surface area contributed by atoms with E-state index >= 15 is 0 Å². The van der Waals surface area contributed by atoms with Crippen LogP contribution in [0.4, 0.5) is 0 Å². The van der Waals surface area contributed by atoms with Crippen molar-refractivity contribution in [3.8, 4) is 0 Å². The molecule has 3 nitrogen and oxygen atoms in total. The van der Waals surface area contributed by atoms with Crippen LogP contribution in [0.5, 0.6) is 0 Å². The van der Waals surface area contributed by atoms with Crippen LogP contribution in [0.1, 0.15) is 59.1 Å². The van der Waals surface area contributed by atoms with Crippen molar-refractivity contribution in [3.63, 3.8) is 0 Å². The Kier molecular flexibility index (Phi) is 7.60. The van der Waals surface area contributed by atoms with Gasteiger partial charge in [0.25, 0.3) is 0 Å². The molecule has 1 aromatic carbocycles. The standard InChI is InChI=1S/C18H30N2O.ClH/c1-13(19)11-16(21)20-12-18(5,6)15-9-7-14(8-10-15)17(2,3)4;/h7-10,13H,11-12,19H2,1-6H3,(H,20,21);1H. The monoisotopic (exact) mass is 326 g/mol. The Morgan fingerprint density at radius 2 is 1.55 bits per heavy atom. The predicted molar refractivity (Wildman–Crippen MR) is 96.7 cm³/mol. The maximum absolute atomic E-state index is 11.7. The normalized spacial score (nSPS) is 13.2. The van der Waals surface area contributed by atoms with Gasteiger partial charge in [0.2, 0.25) is 5.91 Å². The lowest BCUT2D eigenvalue weighted by Gasteiger charge is -2.27. The second kappa shape index (κ2) is 7.98. The molecule has 1 aromatic rings. The van der Waals surface area contributed by atoms with E-state index in [1.54, 1.807) is 0 Å². The quantitative estimate of drug-likeness (QED) is 0.869. The van der Waals surface area contributed by atoms with Crippen LogP contribution in [0, 0.1) is 0 Å². The van der Waals surface area contributed by atoms with Crippen LogP contribution in [0.25, 0.3) is 0 Å². The third kappa shape index (κ3) is 6.37. The van der Waals surface area contributed by atoms with Gasteiger partial charge in [-0.1, -0.05) is 58.9 Å². The topological polar surface area (TPSA) is 55.1 Å². The molecular weight excluding hydrogens is 296 g/mol. The summed E-state index contributed by atoms with van der Waals surface area (Å²) < 4.78 is 0. The zero-order valence-electron chi connectivity index (χ0n) is 14.7. The summed E-state index contributed by atoms with van der Waals surface area (Å²) in [5.41, 5.74) is 8.26. The average molecular weight is 327 g/mol. The summed E-state index contributed by atoms with van der Waals surface area (Å²) in [5.74, 6) is 0.0180. The van der Waals surface area contributed by atoms with Crippen LogP contribution in [0.2, 0.25) is 0 Å². The third-order valence-electron chi connectivity index (χ3n) is 3.77. The Hall–Kier alpha value is -1.06. The number of hydrogen-bond acceptors (Lipinski definition) is 2. The molecule has 3 N–H and O–H groups in total. The number of carbonyl (C=O) groups excluding carboxylic acids is 1. The number of halogens is 1. The van der Waals surface area contributed by atoms with E-state index in [4.69, 9.17) is 5.73 Å². The molecule has 0 aromatic heterocycles. The highest BCUT2D eigenvalue weighted by atomic mass is 35.5. The molecule has 1 unspecified atom stereocenters. The Balaban J connectivity index is 0.00000441. The summed E-state index contributed by atoms with van der Waals surface area (Å²) in [6.45, 7) is 13.4. The van der Waals surface area contributed by atoms with Crippen molar-refractivity contribution in [2.45, 2.75) is 64.8 Å². The minimum Gasteiger partial charge on any atom is -0.355 e. The molecule has 1 rings (SSSR count). The fraction of sp³-hybridized carbons (Fsp3) is 0.611. The Bertz CT molecular complexity index is 473. The van der Waals surface area contributed by atoms with E-state index in [-0.39, 0.29) is 35.2 Å². The lowest BCUT2D eigenvalue weighted by atomic mass is 9.81. The molecule has 0 spiro atoms.